The molecule has 0 unspecified atom stereocenters. The van der Waals surface area contributed by atoms with E-state index in [-0.39, 0.29) is 18.2 Å². The van der Waals surface area contributed by atoms with Crippen LogP contribution in [0.5, 0.6) is 0 Å². The van der Waals surface area contributed by atoms with E-state index >= 15 is 0 Å². The number of anilines is 1. The maximum atomic E-state index is 12.1. The van der Waals surface area contributed by atoms with Crippen LogP contribution < -0.4 is 16.2 Å². The molecule has 3 N–H and O–H groups in total. The van der Waals surface area contributed by atoms with Crippen LogP contribution in [0.3, 0.4) is 0 Å². The maximum absolute atomic E-state index is 12.1. The number of rotatable bonds is 8. The predicted octanol–water partition coefficient (Wildman–Crippen LogP) is 3.49. The molecule has 0 bridgehead atoms. The minimum Gasteiger partial charge on any atom is -0.326 e. The second-order valence-corrected chi connectivity index (χ2v) is 5.67. The number of carbonyl (C=O) groups excluding carboxylic acids is 2. The Hall–Kier alpha value is -2.82. The van der Waals surface area contributed by atoms with Gasteiger partial charge < -0.3 is 10.7 Å². The van der Waals surface area contributed by atoms with Crippen LogP contribution in [0.15, 0.2) is 54.7 Å². The highest BCUT2D eigenvalue weighted by Gasteiger charge is 2.07. The summed E-state index contributed by atoms with van der Waals surface area (Å²) in [4.78, 5) is 23.5. The fourth-order valence-corrected chi connectivity index (χ4v) is 2.27. The van der Waals surface area contributed by atoms with Gasteiger partial charge in [-0.25, -0.2) is 0 Å². The number of nitrogens with one attached hydrogen (secondary N) is 3. The topological polar surface area (TPSA) is 70.2 Å². The van der Waals surface area contributed by atoms with Gasteiger partial charge in [0.15, 0.2) is 0 Å². The van der Waals surface area contributed by atoms with E-state index in [1.807, 2.05) is 49.4 Å². The molecule has 0 aliphatic carbocycles. The zero-order valence-electron chi connectivity index (χ0n) is 13.9. The van der Waals surface area contributed by atoms with E-state index in [0.29, 0.717) is 12.1 Å². The van der Waals surface area contributed by atoms with Gasteiger partial charge in [0.25, 0.3) is 0 Å². The van der Waals surface area contributed by atoms with Crippen molar-refractivity contribution in [2.24, 2.45) is 0 Å². The van der Waals surface area contributed by atoms with Crippen LogP contribution in [-0.4, -0.2) is 11.8 Å². The Morgan fingerprint density at radius 2 is 1.75 bits per heavy atom. The van der Waals surface area contributed by atoms with Gasteiger partial charge in [-0.05, 0) is 29.3 Å². The molecule has 0 spiro atoms. The highest BCUT2D eigenvalue weighted by Crippen LogP contribution is 2.19. The summed E-state index contributed by atoms with van der Waals surface area (Å²) < 4.78 is 0. The molecule has 2 aromatic rings. The monoisotopic (exact) mass is 325 g/mol. The van der Waals surface area contributed by atoms with E-state index in [0.717, 1.165) is 29.3 Å². The van der Waals surface area contributed by atoms with Crippen molar-refractivity contribution >= 4 is 28.3 Å². The molecular weight excluding hydrogens is 302 g/mol. The van der Waals surface area contributed by atoms with Crippen molar-refractivity contribution in [3.05, 3.63) is 54.7 Å². The summed E-state index contributed by atoms with van der Waals surface area (Å²) >= 11 is 0. The van der Waals surface area contributed by atoms with Gasteiger partial charge in [0.2, 0.25) is 11.8 Å². The zero-order chi connectivity index (χ0) is 17.4. The summed E-state index contributed by atoms with van der Waals surface area (Å²) in [6, 6.07) is 13.7. The minimum absolute atomic E-state index is 0.0842. The molecule has 0 atom stereocenters. The molecule has 24 heavy (non-hydrogen) atoms. The van der Waals surface area contributed by atoms with Crippen LogP contribution in [0, 0.1) is 0 Å². The average Bonchev–Trinajstić information content (AvgIpc) is 2.58. The number of hydrogen-bond donors (Lipinski definition) is 3. The molecule has 126 valence electrons. The highest BCUT2D eigenvalue weighted by molar-refractivity contribution is 5.95. The molecule has 0 saturated carbocycles. The van der Waals surface area contributed by atoms with Gasteiger partial charge in [-0.3, -0.25) is 15.0 Å². The molecule has 5 heteroatoms. The minimum atomic E-state index is -0.189. The summed E-state index contributed by atoms with van der Waals surface area (Å²) in [5.74, 6) is -0.293. The van der Waals surface area contributed by atoms with E-state index in [1.54, 1.807) is 0 Å². The summed E-state index contributed by atoms with van der Waals surface area (Å²) in [5, 5.41) is 5.02. The van der Waals surface area contributed by atoms with Gasteiger partial charge in [-0.2, -0.15) is 0 Å². The van der Waals surface area contributed by atoms with Gasteiger partial charge in [0.1, 0.15) is 0 Å². The fourth-order valence-electron chi connectivity index (χ4n) is 2.27. The lowest BCUT2D eigenvalue weighted by atomic mass is 10.1. The Labute approximate surface area is 142 Å². The predicted molar refractivity (Wildman–Crippen MR) is 97.1 cm³/mol. The molecule has 0 heterocycles. The van der Waals surface area contributed by atoms with Crippen molar-refractivity contribution in [3.63, 3.8) is 0 Å². The molecule has 0 fully saturated rings. The van der Waals surface area contributed by atoms with E-state index in [4.69, 9.17) is 0 Å². The summed E-state index contributed by atoms with van der Waals surface area (Å²) in [7, 11) is 0. The lowest BCUT2D eigenvalue weighted by molar-refractivity contribution is -0.122. The first-order valence-electron chi connectivity index (χ1n) is 8.09. The average molecular weight is 325 g/mol. The molecule has 0 radical (unpaired) electrons. The standard InChI is InChI=1S/C19H23N3O2/c1-3-4-9-18(23)22-21-14(2)12-19(24)20-17-11-10-15-7-5-6-8-16(15)13-17/h5-8,10-11,13,21H,2-4,9,12H2,1H3,(H,20,24)(H,22,23). The molecule has 0 aromatic heterocycles. The van der Waals surface area contributed by atoms with Crippen molar-refractivity contribution in [3.8, 4) is 0 Å². The van der Waals surface area contributed by atoms with Gasteiger partial charge in [-0.1, -0.05) is 50.3 Å². The number of amides is 2. The number of benzene rings is 2. The number of fused-ring (bicyclic) bond motifs is 1. The normalized spacial score (nSPS) is 10.2. The Morgan fingerprint density at radius 3 is 2.50 bits per heavy atom. The van der Waals surface area contributed by atoms with E-state index in [2.05, 4.69) is 22.7 Å². The van der Waals surface area contributed by atoms with E-state index < -0.39 is 0 Å². The smallest absolute Gasteiger partial charge is 0.238 e. The first kappa shape index (κ1) is 17.5. The third-order valence-corrected chi connectivity index (χ3v) is 3.54. The second-order valence-electron chi connectivity index (χ2n) is 5.67. The molecule has 0 aliphatic rings. The first-order valence-corrected chi connectivity index (χ1v) is 8.09. The third-order valence-electron chi connectivity index (χ3n) is 3.54. The first-order chi connectivity index (χ1) is 11.6. The maximum Gasteiger partial charge on any atom is 0.238 e. The van der Waals surface area contributed by atoms with Crippen LogP contribution >= 0.6 is 0 Å². The van der Waals surface area contributed by atoms with Crippen molar-refractivity contribution in [2.45, 2.75) is 32.6 Å². The number of carbonyl (C=O) groups is 2. The number of hydrazine groups is 1. The molecular formula is C19H23N3O2. The Kier molecular flexibility index (Phi) is 6.37. The Balaban J connectivity index is 1.81. The van der Waals surface area contributed by atoms with Crippen molar-refractivity contribution in [1.82, 2.24) is 10.9 Å². The van der Waals surface area contributed by atoms with Crippen LogP contribution in [0.25, 0.3) is 10.8 Å². The van der Waals surface area contributed by atoms with Crippen molar-refractivity contribution < 1.29 is 9.59 Å². The molecule has 2 rings (SSSR count). The Bertz CT molecular complexity index is 740. The quantitative estimate of drug-likeness (QED) is 0.651. The summed E-state index contributed by atoms with van der Waals surface area (Å²) in [5.41, 5.74) is 6.40. The third kappa shape index (κ3) is 5.43. The largest absolute Gasteiger partial charge is 0.326 e. The fraction of sp³-hybridized carbons (Fsp3) is 0.263. The highest BCUT2D eigenvalue weighted by atomic mass is 16.2. The van der Waals surface area contributed by atoms with Gasteiger partial charge in [0.05, 0.1) is 6.42 Å². The van der Waals surface area contributed by atoms with Gasteiger partial charge >= 0.3 is 0 Å². The molecule has 2 aromatic carbocycles. The lowest BCUT2D eigenvalue weighted by Gasteiger charge is -2.11. The van der Waals surface area contributed by atoms with Gasteiger partial charge in [-0.15, -0.1) is 0 Å². The molecule has 0 saturated heterocycles. The second kappa shape index (κ2) is 8.72. The number of unbranched alkanes of at least 4 members (excludes halogenated alkanes) is 1. The molecule has 2 amide bonds. The lowest BCUT2D eigenvalue weighted by Crippen LogP contribution is -2.37. The van der Waals surface area contributed by atoms with Crippen LogP contribution in [0.2, 0.25) is 0 Å². The molecule has 5 nitrogen and oxygen atoms in total. The van der Waals surface area contributed by atoms with Crippen molar-refractivity contribution in [2.75, 3.05) is 5.32 Å². The van der Waals surface area contributed by atoms with Crippen LogP contribution in [0.4, 0.5) is 5.69 Å². The number of hydrogen-bond acceptors (Lipinski definition) is 3. The van der Waals surface area contributed by atoms with Crippen molar-refractivity contribution in [1.29, 1.82) is 0 Å². The van der Waals surface area contributed by atoms with E-state index in [1.165, 1.54) is 0 Å². The van der Waals surface area contributed by atoms with Gasteiger partial charge in [0, 0.05) is 17.8 Å². The SMILES string of the molecule is C=C(CC(=O)Nc1ccc2ccccc2c1)NNC(=O)CCCC. The molecule has 0 aliphatic heterocycles. The Morgan fingerprint density at radius 1 is 1.00 bits per heavy atom. The van der Waals surface area contributed by atoms with Crippen LogP contribution in [-0.2, 0) is 9.59 Å². The van der Waals surface area contributed by atoms with E-state index in [9.17, 15) is 9.59 Å². The summed E-state index contributed by atoms with van der Waals surface area (Å²) in [6.45, 7) is 5.78. The van der Waals surface area contributed by atoms with Crippen LogP contribution in [0.1, 0.15) is 32.6 Å². The summed E-state index contributed by atoms with van der Waals surface area (Å²) in [6.07, 6.45) is 2.34. The zero-order valence-corrected chi connectivity index (χ0v) is 13.9.